The predicted molar refractivity (Wildman–Crippen MR) is 588 cm³/mol. The molecular formula is C99H103Br7Cl7N9O25. The predicted octanol–water partition coefficient (Wildman–Crippen LogP) is 24.6. The van der Waals surface area contributed by atoms with Gasteiger partial charge in [0.2, 0.25) is 5.54 Å². The molecule has 2 atom stereocenters. The summed E-state index contributed by atoms with van der Waals surface area (Å²) in [7, 11) is 18.5. The van der Waals surface area contributed by atoms with E-state index in [0.717, 1.165) is 74.6 Å². The van der Waals surface area contributed by atoms with Crippen molar-refractivity contribution in [3.63, 3.8) is 0 Å². The number of nitrogen functional groups attached to an aromatic ring is 1. The van der Waals surface area contributed by atoms with E-state index >= 15 is 0 Å². The fourth-order valence-electron chi connectivity index (χ4n) is 15.0. The minimum absolute atomic E-state index is 0.0341. The number of carbonyl (C=O) groups excluding carboxylic acids is 13. The fourth-order valence-corrected chi connectivity index (χ4v) is 19.4. The number of benzene rings is 7. The van der Waals surface area contributed by atoms with Crippen LogP contribution in [-0.4, -0.2) is 197 Å². The number of hydrazone groups is 1. The maximum atomic E-state index is 12.2. The highest BCUT2D eigenvalue weighted by Crippen LogP contribution is 2.43. The summed E-state index contributed by atoms with van der Waals surface area (Å²) in [6.07, 6.45) is 7.68. The molecule has 4 heterocycles. The van der Waals surface area contributed by atoms with Crippen LogP contribution in [0.15, 0.2) is 150 Å². The van der Waals surface area contributed by atoms with E-state index in [4.69, 9.17) is 120 Å². The first-order valence-corrected chi connectivity index (χ1v) is 52.2. The quantitative estimate of drug-likeness (QED) is 0.00517. The highest BCUT2D eigenvalue weighted by Gasteiger charge is 2.51. The van der Waals surface area contributed by atoms with Gasteiger partial charge in [-0.05, 0) is 271 Å². The molecule has 0 spiro atoms. The number of aliphatic hydroxyl groups is 1. The number of azo groups is 1. The van der Waals surface area contributed by atoms with Gasteiger partial charge in [-0.1, -0.05) is 124 Å². The first kappa shape index (κ1) is 126. The number of ketones is 2. The van der Waals surface area contributed by atoms with Gasteiger partial charge in [-0.2, -0.15) is 15.3 Å². The summed E-state index contributed by atoms with van der Waals surface area (Å²) in [5.41, 5.74) is 16.7. The number of aliphatic hydroxyl groups excluding tert-OH is 1. The third kappa shape index (κ3) is 33.5. The Morgan fingerprint density at radius 1 is 0.463 bits per heavy atom. The number of rotatable bonds is 28. The van der Waals surface area contributed by atoms with Crippen molar-refractivity contribution in [3.8, 4) is 0 Å². The number of nitrogens with zero attached hydrogens (tertiary/aromatic N) is 6. The number of methoxy groups -OCH3 is 10. The van der Waals surface area contributed by atoms with Gasteiger partial charge in [0.25, 0.3) is 0 Å². The molecule has 2 aliphatic rings. The van der Waals surface area contributed by atoms with Crippen LogP contribution >= 0.6 is 193 Å². The minimum Gasteiger partial charge on any atom is -0.469 e. The van der Waals surface area contributed by atoms with Gasteiger partial charge in [0.1, 0.15) is 45.9 Å². The average Bonchev–Trinajstić information content (AvgIpc) is 1.61. The van der Waals surface area contributed by atoms with Crippen LogP contribution in [0.2, 0.25) is 35.2 Å². The van der Waals surface area contributed by atoms with Crippen LogP contribution in [-0.2, 0) is 142 Å². The summed E-state index contributed by atoms with van der Waals surface area (Å²) in [6, 6.07) is 30.1. The largest absolute Gasteiger partial charge is 0.469 e. The Morgan fingerprint density at radius 2 is 0.898 bits per heavy atom. The van der Waals surface area contributed by atoms with Crippen LogP contribution in [0.5, 0.6) is 0 Å². The van der Waals surface area contributed by atoms with E-state index in [1.807, 2.05) is 24.3 Å². The standard InChI is InChI=1S/C16H17BrClNO4.C15H15BrClNO4.C14H16BrClN2O4.C14H13BrClNO4.C14H15BrClNO3.C13H12BrClN2O3.C7H10O3.C6H5BrClN/c1-9(20)23-8-4-5-10-11-6-7-12(18)13(17)14(11)19(2)15(10)16(21)22-3;1-18-13-8(4-6-10(17)12(13)16)9(5-7-11(19)21-2)14(18)15(20)22-3;1-21-12(19)8-4-7-11(14(20)22-2)18-17-10-6-3-5-9(16)13(10)15;1-20-10(18)6-4-8-7-3-5-9(16)11(15)12(7)17-13(8)14(19)21-2;1-17-12-9(5-6-10(16)11(12)15)8(4-3-7-18)13(17)14(19)20-2;1-20-12(19)13(7-3-6-10(13)18)17-16-9-5-2-4-8(15)11(9)14;1-10-7(9)5-3-2-4-6(5)8;7-6-4(8)2-1-3-5(6)9/h6-7H,4-5,8H2,1-3H3;4,6H,5,7H2,1-3H3;3,5-6,17H,4,7-8H2,1-2H3;3,5,17H,4,6H2,1-2H3;5-6,18H,3-4,7H2,1-2H3;2,4-5H,3,6-7H2,1H3;5H,2-4H2,1H3;1-3H,9H2/b;;18-11+;;;;;. The third-order valence-corrected chi connectivity index (χ3v) is 31.9. The van der Waals surface area contributed by atoms with Crippen molar-refractivity contribution in [2.45, 2.75) is 122 Å². The monoisotopic (exact) mass is 2610 g/mol. The molecule has 4 aromatic heterocycles. The average molecular weight is 2630 g/mol. The number of esters is 11. The van der Waals surface area contributed by atoms with E-state index in [9.17, 15) is 62.3 Å². The van der Waals surface area contributed by atoms with Gasteiger partial charge in [0.05, 0.1) is 172 Å². The number of anilines is 2. The highest BCUT2D eigenvalue weighted by molar-refractivity contribution is 9.11. The highest BCUT2D eigenvalue weighted by atomic mass is 79.9. The lowest BCUT2D eigenvalue weighted by Gasteiger charge is -2.17. The Hall–Kier alpha value is -9.57. The van der Waals surface area contributed by atoms with Crippen molar-refractivity contribution >= 4 is 336 Å². The maximum Gasteiger partial charge on any atom is 0.354 e. The van der Waals surface area contributed by atoms with Crippen LogP contribution < -0.4 is 11.2 Å². The molecule has 48 heteroatoms. The topological polar surface area (TPSA) is 449 Å². The van der Waals surface area contributed by atoms with E-state index in [-0.39, 0.29) is 85.4 Å². The maximum absolute atomic E-state index is 12.2. The lowest BCUT2D eigenvalue weighted by Crippen LogP contribution is -2.41. The minimum atomic E-state index is -1.50. The lowest BCUT2D eigenvalue weighted by atomic mass is 9.98. The van der Waals surface area contributed by atoms with Crippen LogP contribution in [0.3, 0.4) is 0 Å². The van der Waals surface area contributed by atoms with Gasteiger partial charge in [0, 0.05) is 94.0 Å². The smallest absolute Gasteiger partial charge is 0.354 e. The Bertz CT molecular complexity index is 6730. The number of fused-ring (bicyclic) bond motifs is 4. The van der Waals surface area contributed by atoms with E-state index in [0.29, 0.717) is 188 Å². The van der Waals surface area contributed by atoms with Crippen molar-refractivity contribution in [3.05, 3.63) is 215 Å². The second-order valence-electron chi connectivity index (χ2n) is 31.3. The summed E-state index contributed by atoms with van der Waals surface area (Å²) < 4.78 is 62.1. The summed E-state index contributed by atoms with van der Waals surface area (Å²) in [4.78, 5) is 153. The zero-order valence-corrected chi connectivity index (χ0v) is 98.0. The molecule has 11 aromatic rings. The molecule has 0 bridgehead atoms. The van der Waals surface area contributed by atoms with E-state index in [1.54, 1.807) is 114 Å². The number of aryl methyl sites for hydroxylation is 7. The molecule has 2 aliphatic carbocycles. The molecule has 0 radical (unpaired) electrons. The first-order valence-electron chi connectivity index (χ1n) is 44.0. The number of halogens is 14. The molecule has 0 amide bonds. The molecule has 13 rings (SSSR count). The molecule has 2 saturated carbocycles. The molecule has 0 aliphatic heterocycles. The van der Waals surface area contributed by atoms with Gasteiger partial charge in [0.15, 0.2) is 5.78 Å². The number of nitrogens with one attached hydrogen (secondary N) is 2. The number of aromatic amines is 1. The zero-order valence-electron chi connectivity index (χ0n) is 81.6. The molecule has 0 saturated heterocycles. The van der Waals surface area contributed by atoms with Crippen LogP contribution in [0.25, 0.3) is 43.6 Å². The summed E-state index contributed by atoms with van der Waals surface area (Å²) in [6.45, 7) is 1.75. The molecule has 792 valence electrons. The van der Waals surface area contributed by atoms with E-state index in [2.05, 4.69) is 161 Å². The zero-order chi connectivity index (χ0) is 110. The molecule has 2 unspecified atom stereocenters. The SMILES string of the molecule is COC(=O)C1(N=Nc2cccc(Cl)c2Br)CCCC1=O.COC(=O)C1CCCC1=O.COC(=O)CCC/C(=N\Nc1cccc(Cl)c1Br)C(=O)OC.COC(=O)CCc1c(C(=O)OC)[nH]c2c(Br)c(Cl)ccc12.COC(=O)CCc1c(C(=O)OC)n(C)c2c(Br)c(Cl)ccc12.COC(=O)c1c(CCCO)c2ccc(Cl)c(Br)c2n1C.COC(=O)c1c(CCCOC(C)=O)c2ccc(Cl)c(Br)c2n1C.Nc1cccc(Cl)c1Br. The number of ether oxygens (including phenoxy) is 11. The number of Topliss-reactive ketones (excluding diaryl/α,β-unsaturated/α-hetero) is 2. The molecule has 2 fully saturated rings. The Kier molecular flexibility index (Phi) is 52.9. The number of nitrogens with two attached hydrogens (primary N) is 1. The molecule has 7 aromatic carbocycles. The normalized spacial score (nSPS) is 13.3. The Morgan fingerprint density at radius 3 is 1.32 bits per heavy atom. The van der Waals surface area contributed by atoms with Crippen molar-refractivity contribution in [1.82, 2.24) is 18.7 Å². The van der Waals surface area contributed by atoms with Gasteiger partial charge in [-0.25, -0.2) is 28.8 Å². The van der Waals surface area contributed by atoms with Gasteiger partial charge >= 0.3 is 65.7 Å². The Labute approximate surface area is 939 Å². The number of H-pyrrole nitrogens is 1. The van der Waals surface area contributed by atoms with Gasteiger partial charge < -0.3 is 81.6 Å². The van der Waals surface area contributed by atoms with Crippen LogP contribution in [0.4, 0.5) is 17.1 Å². The second-order valence-corrected chi connectivity index (χ2v) is 39.7. The van der Waals surface area contributed by atoms with Crippen LogP contribution in [0, 0.1) is 5.92 Å². The molecular weight excluding hydrogens is 2520 g/mol. The number of carbonyl (C=O) groups is 13. The third-order valence-electron chi connectivity index (χ3n) is 22.3. The van der Waals surface area contributed by atoms with E-state index < -0.39 is 41.3 Å². The molecule has 147 heavy (non-hydrogen) atoms. The van der Waals surface area contributed by atoms with Crippen LogP contribution in [0.1, 0.15) is 155 Å². The lowest BCUT2D eigenvalue weighted by molar-refractivity contribution is -0.151. The number of aromatic nitrogens is 4. The summed E-state index contributed by atoms with van der Waals surface area (Å²) in [5, 5.41) is 28.5. The number of hydrogen-bond acceptors (Lipinski definition) is 30. The molecule has 34 nitrogen and oxygen atoms in total. The van der Waals surface area contributed by atoms with Crippen molar-refractivity contribution in [1.29, 1.82) is 0 Å². The van der Waals surface area contributed by atoms with Crippen molar-refractivity contribution in [2.24, 2.45) is 42.4 Å². The number of hydrogen-bond donors (Lipinski definition) is 4. The fraction of sp³-hybridized carbons (Fsp3) is 0.354. The first-order chi connectivity index (χ1) is 69.8. The van der Waals surface area contributed by atoms with Crippen molar-refractivity contribution < 1.29 is 120 Å². The van der Waals surface area contributed by atoms with Gasteiger partial charge in [-0.15, -0.1) is 0 Å². The van der Waals surface area contributed by atoms with Crippen molar-refractivity contribution in [2.75, 3.05) is 95.5 Å². The summed E-state index contributed by atoms with van der Waals surface area (Å²) in [5.74, 6) is -5.35. The molecule has 5 N–H and O–H groups in total. The summed E-state index contributed by atoms with van der Waals surface area (Å²) >= 11 is 65.7. The van der Waals surface area contributed by atoms with Gasteiger partial charge in [-0.3, -0.25) is 39.0 Å². The Balaban J connectivity index is 0.000000260. The second kappa shape index (κ2) is 61.7. The van der Waals surface area contributed by atoms with E-state index in [1.165, 1.54) is 78.0 Å².